The van der Waals surface area contributed by atoms with Crippen molar-refractivity contribution in [2.75, 3.05) is 32.8 Å². The van der Waals surface area contributed by atoms with Gasteiger partial charge in [-0.2, -0.15) is 5.26 Å². The molecule has 0 aliphatic carbocycles. The van der Waals surface area contributed by atoms with Crippen molar-refractivity contribution < 1.29 is 9.53 Å². The molecule has 1 aromatic heterocycles. The van der Waals surface area contributed by atoms with Crippen LogP contribution in [-0.2, 0) is 10.2 Å². The molecule has 0 N–H and O–H groups in total. The Kier molecular flexibility index (Phi) is 6.10. The molecule has 1 atom stereocenters. The molecular weight excluding hydrogens is 328 g/mol. The van der Waals surface area contributed by atoms with E-state index >= 15 is 0 Å². The first-order valence-corrected chi connectivity index (χ1v) is 9.67. The number of rotatable bonds is 3. The Balaban J connectivity index is 1.58. The predicted molar refractivity (Wildman–Crippen MR) is 98.6 cm³/mol. The molecule has 26 heavy (non-hydrogen) atoms. The zero-order valence-corrected chi connectivity index (χ0v) is 15.6. The minimum Gasteiger partial charge on any atom is -0.450 e. The number of pyridine rings is 1. The van der Waals surface area contributed by atoms with E-state index in [1.807, 2.05) is 30.0 Å². The second-order valence-electron chi connectivity index (χ2n) is 7.22. The Bertz CT molecular complexity index is 635. The molecule has 0 aromatic carbocycles. The summed E-state index contributed by atoms with van der Waals surface area (Å²) in [6.07, 6.45) is 6.29. The summed E-state index contributed by atoms with van der Waals surface area (Å²) in [5.41, 5.74) is 0.441. The van der Waals surface area contributed by atoms with E-state index in [0.29, 0.717) is 12.6 Å². The number of carbonyl (C=O) groups is 1. The number of hydrogen-bond acceptors (Lipinski definition) is 5. The van der Waals surface area contributed by atoms with Crippen molar-refractivity contribution in [2.24, 2.45) is 0 Å². The number of hydrogen-bond donors (Lipinski definition) is 0. The Morgan fingerprint density at radius 3 is 2.77 bits per heavy atom. The molecule has 6 heteroatoms. The van der Waals surface area contributed by atoms with Crippen LogP contribution in [0.3, 0.4) is 0 Å². The summed E-state index contributed by atoms with van der Waals surface area (Å²) in [5.74, 6) is 0. The van der Waals surface area contributed by atoms with Gasteiger partial charge in [-0.15, -0.1) is 0 Å². The minimum absolute atomic E-state index is 0.189. The molecule has 2 saturated heterocycles. The van der Waals surface area contributed by atoms with Crippen molar-refractivity contribution in [3.8, 4) is 6.07 Å². The summed E-state index contributed by atoms with van der Waals surface area (Å²) in [6.45, 7) is 5.62. The molecule has 2 fully saturated rings. The summed E-state index contributed by atoms with van der Waals surface area (Å²) in [4.78, 5) is 20.7. The van der Waals surface area contributed by atoms with E-state index in [0.717, 1.165) is 64.0 Å². The standard InChI is InChI=1S/C20H28N4O2/c1-2-26-19(25)24-12-5-6-17(8-13-24)23-14-9-20(16-21,10-15-23)18-7-3-4-11-22-18/h3-4,7,11,17H,2,5-6,8-10,12-15H2,1H3. The lowest BCUT2D eigenvalue weighted by atomic mass is 9.76. The summed E-state index contributed by atoms with van der Waals surface area (Å²) >= 11 is 0. The molecule has 1 amide bonds. The fourth-order valence-electron chi connectivity index (χ4n) is 4.18. The van der Waals surface area contributed by atoms with Crippen LogP contribution in [0.4, 0.5) is 4.79 Å². The zero-order chi connectivity index (χ0) is 18.4. The molecule has 1 unspecified atom stereocenters. The number of aromatic nitrogens is 1. The topological polar surface area (TPSA) is 69.5 Å². The van der Waals surface area contributed by atoms with E-state index in [-0.39, 0.29) is 6.09 Å². The molecule has 140 valence electrons. The van der Waals surface area contributed by atoms with Gasteiger partial charge in [-0.25, -0.2) is 4.79 Å². The Labute approximate surface area is 155 Å². The highest BCUT2D eigenvalue weighted by Gasteiger charge is 2.39. The monoisotopic (exact) mass is 356 g/mol. The third kappa shape index (κ3) is 3.99. The van der Waals surface area contributed by atoms with Gasteiger partial charge in [0.2, 0.25) is 0 Å². The third-order valence-corrected chi connectivity index (χ3v) is 5.76. The molecular formula is C20H28N4O2. The zero-order valence-electron chi connectivity index (χ0n) is 15.6. The fourth-order valence-corrected chi connectivity index (χ4v) is 4.18. The lowest BCUT2D eigenvalue weighted by Crippen LogP contribution is -2.47. The van der Waals surface area contributed by atoms with Gasteiger partial charge in [-0.05, 0) is 51.2 Å². The van der Waals surface area contributed by atoms with Crippen LogP contribution in [0.25, 0.3) is 0 Å². The van der Waals surface area contributed by atoms with Crippen LogP contribution in [0.2, 0.25) is 0 Å². The van der Waals surface area contributed by atoms with E-state index in [9.17, 15) is 10.1 Å². The van der Waals surface area contributed by atoms with Gasteiger partial charge in [0, 0.05) is 38.4 Å². The minimum atomic E-state index is -0.459. The number of likely N-dealkylation sites (tertiary alicyclic amines) is 2. The Hall–Kier alpha value is -2.13. The Morgan fingerprint density at radius 1 is 1.31 bits per heavy atom. The summed E-state index contributed by atoms with van der Waals surface area (Å²) in [7, 11) is 0. The smallest absolute Gasteiger partial charge is 0.409 e. The Morgan fingerprint density at radius 2 is 2.12 bits per heavy atom. The summed E-state index contributed by atoms with van der Waals surface area (Å²) in [5, 5.41) is 9.82. The molecule has 0 spiro atoms. The lowest BCUT2D eigenvalue weighted by molar-refractivity contribution is 0.103. The van der Waals surface area contributed by atoms with Gasteiger partial charge in [-0.3, -0.25) is 4.98 Å². The maximum absolute atomic E-state index is 12.0. The van der Waals surface area contributed by atoms with Crippen molar-refractivity contribution in [1.82, 2.24) is 14.8 Å². The van der Waals surface area contributed by atoms with Gasteiger partial charge in [0.05, 0.1) is 18.4 Å². The fraction of sp³-hybridized carbons (Fsp3) is 0.650. The SMILES string of the molecule is CCOC(=O)N1CCCC(N2CCC(C#N)(c3ccccn3)CC2)CC1. The highest BCUT2D eigenvalue weighted by Crippen LogP contribution is 2.35. The van der Waals surface area contributed by atoms with Crippen molar-refractivity contribution in [3.05, 3.63) is 30.1 Å². The van der Waals surface area contributed by atoms with Gasteiger partial charge in [0.25, 0.3) is 0 Å². The van der Waals surface area contributed by atoms with Gasteiger partial charge < -0.3 is 14.5 Å². The number of nitrogens with zero attached hydrogens (tertiary/aromatic N) is 4. The van der Waals surface area contributed by atoms with Gasteiger partial charge in [0.15, 0.2) is 0 Å². The van der Waals surface area contributed by atoms with Crippen LogP contribution in [-0.4, -0.2) is 59.7 Å². The molecule has 0 saturated carbocycles. The quantitative estimate of drug-likeness (QED) is 0.833. The van der Waals surface area contributed by atoms with Gasteiger partial charge in [0.1, 0.15) is 5.41 Å². The van der Waals surface area contributed by atoms with E-state index < -0.39 is 5.41 Å². The molecule has 6 nitrogen and oxygen atoms in total. The number of ether oxygens (including phenoxy) is 1. The number of piperidine rings is 1. The normalized spacial score (nSPS) is 23.7. The average Bonchev–Trinajstić information content (AvgIpc) is 2.95. The first-order chi connectivity index (χ1) is 12.7. The first kappa shape index (κ1) is 18.7. The van der Waals surface area contributed by atoms with Gasteiger partial charge >= 0.3 is 6.09 Å². The molecule has 3 rings (SSSR count). The summed E-state index contributed by atoms with van der Waals surface area (Å²) in [6, 6.07) is 8.86. The molecule has 0 bridgehead atoms. The van der Waals surface area contributed by atoms with Crippen LogP contribution >= 0.6 is 0 Å². The number of amides is 1. The van der Waals surface area contributed by atoms with Crippen LogP contribution < -0.4 is 0 Å². The lowest BCUT2D eigenvalue weighted by Gasteiger charge is -2.40. The number of carbonyl (C=O) groups excluding carboxylic acids is 1. The summed E-state index contributed by atoms with van der Waals surface area (Å²) < 4.78 is 5.14. The van der Waals surface area contributed by atoms with Gasteiger partial charge in [-0.1, -0.05) is 6.07 Å². The maximum atomic E-state index is 12.0. The highest BCUT2D eigenvalue weighted by atomic mass is 16.6. The van der Waals surface area contributed by atoms with E-state index in [1.165, 1.54) is 0 Å². The van der Waals surface area contributed by atoms with E-state index in [1.54, 1.807) is 6.20 Å². The third-order valence-electron chi connectivity index (χ3n) is 5.76. The molecule has 2 aliphatic rings. The maximum Gasteiger partial charge on any atom is 0.409 e. The van der Waals surface area contributed by atoms with E-state index in [2.05, 4.69) is 16.0 Å². The van der Waals surface area contributed by atoms with Crippen LogP contribution in [0.5, 0.6) is 0 Å². The van der Waals surface area contributed by atoms with E-state index in [4.69, 9.17) is 4.74 Å². The first-order valence-electron chi connectivity index (χ1n) is 9.67. The molecule has 3 heterocycles. The molecule has 1 aromatic rings. The molecule has 0 radical (unpaired) electrons. The second-order valence-corrected chi connectivity index (χ2v) is 7.22. The van der Waals surface area contributed by atoms with Crippen molar-refractivity contribution >= 4 is 6.09 Å². The van der Waals surface area contributed by atoms with Crippen LogP contribution in [0.1, 0.15) is 44.7 Å². The second kappa shape index (κ2) is 8.50. The highest BCUT2D eigenvalue weighted by molar-refractivity contribution is 5.67. The van der Waals surface area contributed by atoms with Crippen LogP contribution in [0, 0.1) is 11.3 Å². The van der Waals surface area contributed by atoms with Crippen molar-refractivity contribution in [1.29, 1.82) is 5.26 Å². The number of nitriles is 1. The predicted octanol–water partition coefficient (Wildman–Crippen LogP) is 2.95. The van der Waals surface area contributed by atoms with Crippen molar-refractivity contribution in [3.63, 3.8) is 0 Å². The van der Waals surface area contributed by atoms with Crippen molar-refractivity contribution in [2.45, 2.75) is 50.5 Å². The van der Waals surface area contributed by atoms with Crippen LogP contribution in [0.15, 0.2) is 24.4 Å². The largest absolute Gasteiger partial charge is 0.450 e. The average molecular weight is 356 g/mol. The molecule has 2 aliphatic heterocycles.